The van der Waals surface area contributed by atoms with Crippen molar-refractivity contribution in [2.24, 2.45) is 0 Å². The van der Waals surface area contributed by atoms with E-state index in [-0.39, 0.29) is 0 Å². The van der Waals surface area contributed by atoms with E-state index in [1.807, 2.05) is 6.92 Å². The van der Waals surface area contributed by atoms with Crippen molar-refractivity contribution in [3.05, 3.63) is 41.6 Å². The van der Waals surface area contributed by atoms with E-state index in [0.717, 1.165) is 10.6 Å². The van der Waals surface area contributed by atoms with Crippen molar-refractivity contribution < 1.29 is 0 Å². The van der Waals surface area contributed by atoms with Crippen LogP contribution in [0.1, 0.15) is 30.9 Å². The highest BCUT2D eigenvalue weighted by atomic mass is 32.2. The normalized spacial score (nSPS) is 10.9. The van der Waals surface area contributed by atoms with Crippen LogP contribution >= 0.6 is 11.8 Å². The summed E-state index contributed by atoms with van der Waals surface area (Å²) in [7, 11) is 0. The van der Waals surface area contributed by atoms with Gasteiger partial charge in [0.15, 0.2) is 0 Å². The lowest BCUT2D eigenvalue weighted by atomic mass is 10.0. The summed E-state index contributed by atoms with van der Waals surface area (Å²) in [6.45, 7) is 6.37. The Morgan fingerprint density at radius 3 is 2.44 bits per heavy atom. The molecule has 1 heterocycles. The predicted octanol–water partition coefficient (Wildman–Crippen LogP) is 3.64. The van der Waals surface area contributed by atoms with Crippen LogP contribution in [0.4, 0.5) is 5.95 Å². The van der Waals surface area contributed by atoms with E-state index < -0.39 is 0 Å². The standard InChI is InChI=1S/C14H17N3S/c1-9(2)11-4-6-12(7-5-11)18-13-10(3)8-16-14(15)17-13/h4-9H,1-3H3,(H2,15,16,17). The fourth-order valence-corrected chi connectivity index (χ4v) is 2.42. The molecule has 2 aromatic rings. The molecule has 2 rings (SSSR count). The molecule has 94 valence electrons. The summed E-state index contributed by atoms with van der Waals surface area (Å²) in [4.78, 5) is 9.39. The number of hydrogen-bond acceptors (Lipinski definition) is 4. The minimum absolute atomic E-state index is 0.321. The first-order valence-corrected chi connectivity index (χ1v) is 6.75. The van der Waals surface area contributed by atoms with Gasteiger partial charge in [0.2, 0.25) is 5.95 Å². The molecule has 1 aromatic heterocycles. The third-order valence-electron chi connectivity index (χ3n) is 2.71. The molecule has 0 radical (unpaired) electrons. The van der Waals surface area contributed by atoms with Crippen molar-refractivity contribution in [1.29, 1.82) is 0 Å². The molecule has 0 aliphatic heterocycles. The van der Waals surface area contributed by atoms with Crippen molar-refractivity contribution in [2.75, 3.05) is 5.73 Å². The van der Waals surface area contributed by atoms with Gasteiger partial charge in [-0.25, -0.2) is 9.97 Å². The zero-order valence-corrected chi connectivity index (χ0v) is 11.7. The van der Waals surface area contributed by atoms with Crippen molar-refractivity contribution in [2.45, 2.75) is 36.6 Å². The molecule has 18 heavy (non-hydrogen) atoms. The van der Waals surface area contributed by atoms with Gasteiger partial charge < -0.3 is 5.73 Å². The average molecular weight is 259 g/mol. The highest BCUT2D eigenvalue weighted by Gasteiger charge is 2.05. The van der Waals surface area contributed by atoms with E-state index in [1.54, 1.807) is 18.0 Å². The van der Waals surface area contributed by atoms with E-state index in [0.29, 0.717) is 11.9 Å². The van der Waals surface area contributed by atoms with Crippen LogP contribution in [0.3, 0.4) is 0 Å². The number of aryl methyl sites for hydroxylation is 1. The van der Waals surface area contributed by atoms with E-state index >= 15 is 0 Å². The number of hydrogen-bond donors (Lipinski definition) is 1. The highest BCUT2D eigenvalue weighted by molar-refractivity contribution is 7.99. The van der Waals surface area contributed by atoms with Gasteiger partial charge in [0.05, 0.1) is 0 Å². The number of nitrogens with two attached hydrogens (primary N) is 1. The lowest BCUT2D eigenvalue weighted by molar-refractivity contribution is 0.865. The van der Waals surface area contributed by atoms with Gasteiger partial charge in [-0.1, -0.05) is 37.7 Å². The largest absolute Gasteiger partial charge is 0.368 e. The number of nitrogens with zero attached hydrogens (tertiary/aromatic N) is 2. The third-order valence-corrected chi connectivity index (χ3v) is 3.82. The monoisotopic (exact) mass is 259 g/mol. The molecule has 0 unspecified atom stereocenters. The molecular formula is C14H17N3S. The fraction of sp³-hybridized carbons (Fsp3) is 0.286. The summed E-state index contributed by atoms with van der Waals surface area (Å²) in [5, 5.41) is 0.916. The van der Waals surface area contributed by atoms with Crippen LogP contribution in [0, 0.1) is 6.92 Å². The molecule has 0 saturated heterocycles. The van der Waals surface area contributed by atoms with Gasteiger partial charge in [-0.15, -0.1) is 0 Å². The minimum Gasteiger partial charge on any atom is -0.368 e. The first-order chi connectivity index (χ1) is 8.56. The number of nitrogen functional groups attached to an aromatic ring is 1. The maximum Gasteiger partial charge on any atom is 0.221 e. The summed E-state index contributed by atoms with van der Waals surface area (Å²) in [6, 6.07) is 8.56. The van der Waals surface area contributed by atoms with Gasteiger partial charge in [-0.3, -0.25) is 0 Å². The molecule has 0 atom stereocenters. The molecular weight excluding hydrogens is 242 g/mol. The Labute approximate surface area is 112 Å². The minimum atomic E-state index is 0.321. The summed E-state index contributed by atoms with van der Waals surface area (Å²) < 4.78 is 0. The Balaban J connectivity index is 2.21. The summed E-state index contributed by atoms with van der Waals surface area (Å²) in [6.07, 6.45) is 1.76. The zero-order valence-electron chi connectivity index (χ0n) is 10.8. The van der Waals surface area contributed by atoms with Crippen molar-refractivity contribution in [3.63, 3.8) is 0 Å². The molecule has 4 heteroatoms. The number of rotatable bonds is 3. The Hall–Kier alpha value is -1.55. The van der Waals surface area contributed by atoms with Crippen molar-refractivity contribution >= 4 is 17.7 Å². The van der Waals surface area contributed by atoms with Crippen LogP contribution in [0.2, 0.25) is 0 Å². The fourth-order valence-electron chi connectivity index (χ4n) is 1.57. The Kier molecular flexibility index (Phi) is 3.87. The molecule has 0 saturated carbocycles. The Morgan fingerprint density at radius 1 is 1.17 bits per heavy atom. The van der Waals surface area contributed by atoms with Crippen LogP contribution in [0.15, 0.2) is 40.4 Å². The molecule has 1 aromatic carbocycles. The smallest absolute Gasteiger partial charge is 0.221 e. The van der Waals surface area contributed by atoms with E-state index in [2.05, 4.69) is 48.1 Å². The van der Waals surface area contributed by atoms with Crippen LogP contribution in [0.25, 0.3) is 0 Å². The second-order valence-electron chi connectivity index (χ2n) is 4.54. The molecule has 2 N–H and O–H groups in total. The molecule has 3 nitrogen and oxygen atoms in total. The SMILES string of the molecule is Cc1cnc(N)nc1Sc1ccc(C(C)C)cc1. The maximum atomic E-state index is 5.61. The van der Waals surface area contributed by atoms with Crippen LogP contribution in [-0.4, -0.2) is 9.97 Å². The Morgan fingerprint density at radius 2 is 1.83 bits per heavy atom. The second kappa shape index (κ2) is 5.40. The van der Waals surface area contributed by atoms with Crippen molar-refractivity contribution in [1.82, 2.24) is 9.97 Å². The number of aromatic nitrogens is 2. The Bertz CT molecular complexity index is 535. The van der Waals surface area contributed by atoms with Crippen LogP contribution in [-0.2, 0) is 0 Å². The molecule has 0 bridgehead atoms. The summed E-state index contributed by atoms with van der Waals surface area (Å²) in [5.41, 5.74) is 8.00. The van der Waals surface area contributed by atoms with Gasteiger partial charge in [0.25, 0.3) is 0 Å². The topological polar surface area (TPSA) is 51.8 Å². The van der Waals surface area contributed by atoms with Crippen LogP contribution in [0.5, 0.6) is 0 Å². The molecule has 0 amide bonds. The second-order valence-corrected chi connectivity index (χ2v) is 5.60. The predicted molar refractivity (Wildman–Crippen MR) is 75.8 cm³/mol. The maximum absolute atomic E-state index is 5.61. The van der Waals surface area contributed by atoms with E-state index in [9.17, 15) is 0 Å². The lowest BCUT2D eigenvalue weighted by Gasteiger charge is -2.07. The van der Waals surface area contributed by atoms with E-state index in [1.165, 1.54) is 10.5 Å². The zero-order chi connectivity index (χ0) is 13.1. The average Bonchev–Trinajstić information content (AvgIpc) is 2.34. The van der Waals surface area contributed by atoms with Gasteiger partial charge in [-0.2, -0.15) is 0 Å². The van der Waals surface area contributed by atoms with Crippen molar-refractivity contribution in [3.8, 4) is 0 Å². The van der Waals surface area contributed by atoms with Gasteiger partial charge in [-0.05, 0) is 30.5 Å². The van der Waals surface area contributed by atoms with Gasteiger partial charge in [0, 0.05) is 16.7 Å². The van der Waals surface area contributed by atoms with Crippen LogP contribution < -0.4 is 5.73 Å². The van der Waals surface area contributed by atoms with Gasteiger partial charge >= 0.3 is 0 Å². The molecule has 0 spiro atoms. The van der Waals surface area contributed by atoms with E-state index in [4.69, 9.17) is 5.73 Å². The molecule has 0 aliphatic carbocycles. The number of benzene rings is 1. The quantitative estimate of drug-likeness (QED) is 0.855. The number of anilines is 1. The molecule has 0 fully saturated rings. The first-order valence-electron chi connectivity index (χ1n) is 5.93. The van der Waals surface area contributed by atoms with Gasteiger partial charge in [0.1, 0.15) is 5.03 Å². The highest BCUT2D eigenvalue weighted by Crippen LogP contribution is 2.29. The molecule has 0 aliphatic rings. The summed E-state index contributed by atoms with van der Waals surface area (Å²) in [5.74, 6) is 0.877. The third kappa shape index (κ3) is 3.01. The lowest BCUT2D eigenvalue weighted by Crippen LogP contribution is -1.97. The summed E-state index contributed by atoms with van der Waals surface area (Å²) >= 11 is 1.62. The first kappa shape index (κ1) is 12.9.